The van der Waals surface area contributed by atoms with Crippen LogP contribution in [0.2, 0.25) is 0 Å². The highest BCUT2D eigenvalue weighted by Gasteiger charge is 2.20. The van der Waals surface area contributed by atoms with Crippen molar-refractivity contribution in [2.45, 2.75) is 0 Å². The molecule has 3 heterocycles. The molecule has 3 aromatic heterocycles. The minimum atomic E-state index is 0.561. The number of nitrogens with zero attached hydrogens (tertiary/aromatic N) is 4. The molecule has 0 saturated carbocycles. The van der Waals surface area contributed by atoms with Crippen molar-refractivity contribution in [2.24, 2.45) is 0 Å². The molecule has 0 radical (unpaired) electrons. The number of hydrogen-bond acceptors (Lipinski definition) is 6. The van der Waals surface area contributed by atoms with E-state index in [1.165, 1.54) is 5.56 Å². The summed E-state index contributed by atoms with van der Waals surface area (Å²) < 4.78 is 12.6. The van der Waals surface area contributed by atoms with Gasteiger partial charge < -0.3 is 8.83 Å². The number of hydrogen-bond donors (Lipinski definition) is 0. The van der Waals surface area contributed by atoms with Crippen molar-refractivity contribution in [3.8, 4) is 56.7 Å². The Hall–Kier alpha value is -6.92. The van der Waals surface area contributed by atoms with Gasteiger partial charge in [-0.2, -0.15) is 0 Å². The highest BCUT2D eigenvalue weighted by atomic mass is 16.4. The third-order valence-electron chi connectivity index (χ3n) is 9.14. The van der Waals surface area contributed by atoms with E-state index in [9.17, 15) is 0 Å². The number of oxazole rings is 1. The summed E-state index contributed by atoms with van der Waals surface area (Å²) in [5.74, 6) is 2.32. The van der Waals surface area contributed by atoms with Crippen LogP contribution in [-0.2, 0) is 0 Å². The van der Waals surface area contributed by atoms with Gasteiger partial charge in [0.15, 0.2) is 23.1 Å². The smallest absolute Gasteiger partial charge is 0.227 e. The van der Waals surface area contributed by atoms with E-state index in [0.29, 0.717) is 34.5 Å². The number of furan rings is 1. The van der Waals surface area contributed by atoms with E-state index >= 15 is 0 Å². The van der Waals surface area contributed by atoms with Crippen LogP contribution in [0, 0.1) is 0 Å². The maximum Gasteiger partial charge on any atom is 0.227 e. The molecule has 0 saturated heterocycles. The molecule has 0 N–H and O–H groups in total. The van der Waals surface area contributed by atoms with Gasteiger partial charge in [-0.15, -0.1) is 0 Å². The Morgan fingerprint density at radius 3 is 1.76 bits per heavy atom. The third kappa shape index (κ3) is 4.81. The lowest BCUT2D eigenvalue weighted by molar-refractivity contribution is 0.617. The van der Waals surface area contributed by atoms with Gasteiger partial charge in [-0.25, -0.2) is 19.9 Å². The first-order valence-corrected chi connectivity index (χ1v) is 16.5. The molecule has 10 rings (SSSR count). The molecule has 0 atom stereocenters. The van der Waals surface area contributed by atoms with E-state index in [0.717, 1.165) is 60.5 Å². The normalized spacial score (nSPS) is 11.6. The Balaban J connectivity index is 1.16. The van der Waals surface area contributed by atoms with Crippen molar-refractivity contribution in [1.29, 1.82) is 0 Å². The molecule has 7 aromatic carbocycles. The standard InChI is InChI=1S/C44H26N4O2/c1-4-11-27(12-5-1)31-21-19-28-20-22-32(24-33(28)23-31)42-46-41(29-13-6-2-7-14-29)47-43(48-42)34-17-10-18-37-40(34)35-25-36-39(26-38(35)49-37)50-44(45-36)30-15-8-3-9-16-30/h1-26H. The summed E-state index contributed by atoms with van der Waals surface area (Å²) in [4.78, 5) is 20.0. The van der Waals surface area contributed by atoms with Crippen molar-refractivity contribution in [2.75, 3.05) is 0 Å². The van der Waals surface area contributed by atoms with E-state index in [1.807, 2.05) is 97.1 Å². The molecular weight excluding hydrogens is 617 g/mol. The van der Waals surface area contributed by atoms with E-state index in [2.05, 4.69) is 60.7 Å². The molecule has 10 aromatic rings. The molecular formula is C44H26N4O2. The highest BCUT2D eigenvalue weighted by Crippen LogP contribution is 2.39. The van der Waals surface area contributed by atoms with Crippen LogP contribution in [0.25, 0.3) is 101 Å². The predicted octanol–water partition coefficient (Wildman–Crippen LogP) is 11.4. The Bertz CT molecular complexity index is 2860. The Morgan fingerprint density at radius 2 is 1.00 bits per heavy atom. The van der Waals surface area contributed by atoms with Crippen molar-refractivity contribution in [3.63, 3.8) is 0 Å². The van der Waals surface area contributed by atoms with Gasteiger partial charge in [0, 0.05) is 39.1 Å². The van der Waals surface area contributed by atoms with Crippen molar-refractivity contribution in [1.82, 2.24) is 19.9 Å². The second-order valence-electron chi connectivity index (χ2n) is 12.3. The predicted molar refractivity (Wildman–Crippen MR) is 199 cm³/mol. The second kappa shape index (κ2) is 11.4. The van der Waals surface area contributed by atoms with Crippen LogP contribution in [0.1, 0.15) is 0 Å². The third-order valence-corrected chi connectivity index (χ3v) is 9.14. The maximum absolute atomic E-state index is 6.40. The van der Waals surface area contributed by atoms with Gasteiger partial charge >= 0.3 is 0 Å². The largest absolute Gasteiger partial charge is 0.456 e. The topological polar surface area (TPSA) is 77.8 Å². The molecule has 0 aliphatic carbocycles. The van der Waals surface area contributed by atoms with E-state index in [4.69, 9.17) is 28.8 Å². The summed E-state index contributed by atoms with van der Waals surface area (Å²) in [6, 6.07) is 53.2. The lowest BCUT2D eigenvalue weighted by Crippen LogP contribution is -2.00. The molecule has 6 heteroatoms. The fourth-order valence-corrected chi connectivity index (χ4v) is 6.68. The number of fused-ring (bicyclic) bond motifs is 5. The Labute approximate surface area is 286 Å². The summed E-state index contributed by atoms with van der Waals surface area (Å²) >= 11 is 0. The van der Waals surface area contributed by atoms with Crippen LogP contribution < -0.4 is 0 Å². The van der Waals surface area contributed by atoms with Crippen LogP contribution in [0.3, 0.4) is 0 Å². The fourth-order valence-electron chi connectivity index (χ4n) is 6.68. The molecule has 234 valence electrons. The van der Waals surface area contributed by atoms with Gasteiger partial charge in [-0.1, -0.05) is 115 Å². The molecule has 0 unspecified atom stereocenters. The number of benzene rings is 7. The second-order valence-corrected chi connectivity index (χ2v) is 12.3. The first-order chi connectivity index (χ1) is 24.7. The Morgan fingerprint density at radius 1 is 0.360 bits per heavy atom. The SMILES string of the molecule is c1ccc(-c2ccc3ccc(-c4nc(-c5ccccc5)nc(-c5cccc6oc7cc8oc(-c9ccccc9)nc8cc7c56)n4)cc3c2)cc1. The van der Waals surface area contributed by atoms with Gasteiger partial charge in [-0.05, 0) is 58.3 Å². The molecule has 0 aliphatic heterocycles. The van der Waals surface area contributed by atoms with E-state index in [-0.39, 0.29) is 0 Å². The summed E-state index contributed by atoms with van der Waals surface area (Å²) in [6.45, 7) is 0. The molecule has 0 fully saturated rings. The zero-order valence-corrected chi connectivity index (χ0v) is 26.6. The molecule has 6 nitrogen and oxygen atoms in total. The number of aromatic nitrogens is 4. The monoisotopic (exact) mass is 642 g/mol. The van der Waals surface area contributed by atoms with E-state index in [1.54, 1.807) is 0 Å². The minimum absolute atomic E-state index is 0.561. The average Bonchev–Trinajstić information content (AvgIpc) is 3.78. The van der Waals surface area contributed by atoms with Crippen LogP contribution in [0.15, 0.2) is 167 Å². The molecule has 0 aliphatic rings. The van der Waals surface area contributed by atoms with Gasteiger partial charge in [-0.3, -0.25) is 0 Å². The fraction of sp³-hybridized carbons (Fsp3) is 0. The molecule has 0 spiro atoms. The van der Waals surface area contributed by atoms with Gasteiger partial charge in [0.1, 0.15) is 16.7 Å². The maximum atomic E-state index is 6.40. The molecule has 0 amide bonds. The van der Waals surface area contributed by atoms with Crippen LogP contribution in [-0.4, -0.2) is 19.9 Å². The summed E-state index contributed by atoms with van der Waals surface area (Å²) in [5.41, 5.74) is 8.77. The van der Waals surface area contributed by atoms with Crippen LogP contribution in [0.4, 0.5) is 0 Å². The lowest BCUT2D eigenvalue weighted by Gasteiger charge is -2.10. The van der Waals surface area contributed by atoms with Crippen molar-refractivity contribution >= 4 is 43.8 Å². The summed E-state index contributed by atoms with van der Waals surface area (Å²) in [7, 11) is 0. The van der Waals surface area contributed by atoms with E-state index < -0.39 is 0 Å². The van der Waals surface area contributed by atoms with Crippen LogP contribution >= 0.6 is 0 Å². The number of rotatable bonds is 5. The van der Waals surface area contributed by atoms with Gasteiger partial charge in [0.25, 0.3) is 0 Å². The zero-order valence-electron chi connectivity index (χ0n) is 26.6. The lowest BCUT2D eigenvalue weighted by atomic mass is 9.99. The first kappa shape index (κ1) is 28.1. The quantitative estimate of drug-likeness (QED) is 0.186. The van der Waals surface area contributed by atoms with Crippen molar-refractivity contribution in [3.05, 3.63) is 158 Å². The van der Waals surface area contributed by atoms with Gasteiger partial charge in [0.2, 0.25) is 5.89 Å². The summed E-state index contributed by atoms with van der Waals surface area (Å²) in [5, 5.41) is 4.09. The van der Waals surface area contributed by atoms with Gasteiger partial charge in [0.05, 0.1) is 0 Å². The van der Waals surface area contributed by atoms with Crippen LogP contribution in [0.5, 0.6) is 0 Å². The first-order valence-electron chi connectivity index (χ1n) is 16.5. The average molecular weight is 643 g/mol. The molecule has 0 bridgehead atoms. The Kier molecular flexibility index (Phi) is 6.39. The molecule has 50 heavy (non-hydrogen) atoms. The minimum Gasteiger partial charge on any atom is -0.456 e. The summed E-state index contributed by atoms with van der Waals surface area (Å²) in [6.07, 6.45) is 0. The highest BCUT2D eigenvalue weighted by molar-refractivity contribution is 6.14. The zero-order chi connectivity index (χ0) is 33.0. The van der Waals surface area contributed by atoms with Crippen molar-refractivity contribution < 1.29 is 8.83 Å².